The molecule has 72 valence electrons. The second-order valence-electron chi connectivity index (χ2n) is 4.00. The minimum atomic E-state index is -0.449. The zero-order chi connectivity index (χ0) is 9.90. The molecule has 1 aliphatic heterocycles. The van der Waals surface area contributed by atoms with Crippen molar-refractivity contribution in [2.24, 2.45) is 5.41 Å². The van der Waals surface area contributed by atoms with Crippen molar-refractivity contribution in [2.45, 2.75) is 20.8 Å². The van der Waals surface area contributed by atoms with Crippen LogP contribution in [0.15, 0.2) is 24.4 Å². The molecule has 0 aromatic carbocycles. The third-order valence-electron chi connectivity index (χ3n) is 1.60. The monoisotopic (exact) mass is 181 g/mol. The molecule has 0 aromatic rings. The Kier molecular flexibility index (Phi) is 2.76. The van der Waals surface area contributed by atoms with Gasteiger partial charge in [-0.3, -0.25) is 0 Å². The molecule has 0 spiro atoms. The van der Waals surface area contributed by atoms with Gasteiger partial charge in [-0.05, 0) is 26.8 Å². The summed E-state index contributed by atoms with van der Waals surface area (Å²) in [5.41, 5.74) is -0.449. The Morgan fingerprint density at radius 2 is 2.08 bits per heavy atom. The maximum absolute atomic E-state index is 11.4. The molecule has 0 unspecified atom stereocenters. The number of rotatable bonds is 1. The van der Waals surface area contributed by atoms with Gasteiger partial charge >= 0.3 is 5.97 Å². The highest BCUT2D eigenvalue weighted by molar-refractivity contribution is 5.75. The minimum Gasteiger partial charge on any atom is -0.341 e. The smallest absolute Gasteiger partial charge is 0.337 e. The summed E-state index contributed by atoms with van der Waals surface area (Å²) in [5.74, 6) is -0.215. The summed E-state index contributed by atoms with van der Waals surface area (Å²) in [6.45, 7) is 6.12. The van der Waals surface area contributed by atoms with Crippen LogP contribution in [0.25, 0.3) is 0 Å². The van der Waals surface area contributed by atoms with E-state index in [9.17, 15) is 4.79 Å². The largest absolute Gasteiger partial charge is 0.341 e. The van der Waals surface area contributed by atoms with Crippen molar-refractivity contribution < 1.29 is 9.63 Å². The summed E-state index contributed by atoms with van der Waals surface area (Å²) in [5, 5.41) is 1.52. The molecule has 1 heterocycles. The molecule has 0 fully saturated rings. The van der Waals surface area contributed by atoms with Crippen LogP contribution in [-0.2, 0) is 9.63 Å². The molecule has 3 nitrogen and oxygen atoms in total. The van der Waals surface area contributed by atoms with Crippen LogP contribution >= 0.6 is 0 Å². The molecule has 1 aliphatic rings. The van der Waals surface area contributed by atoms with Crippen LogP contribution in [0.2, 0.25) is 0 Å². The van der Waals surface area contributed by atoms with Gasteiger partial charge in [-0.25, -0.2) is 9.86 Å². The molecule has 0 bridgehead atoms. The summed E-state index contributed by atoms with van der Waals surface area (Å²) >= 11 is 0. The second kappa shape index (κ2) is 3.64. The maximum Gasteiger partial charge on any atom is 0.337 e. The van der Waals surface area contributed by atoms with Crippen LogP contribution in [0.1, 0.15) is 20.8 Å². The van der Waals surface area contributed by atoms with Crippen LogP contribution in [0.3, 0.4) is 0 Å². The number of hydrogen-bond donors (Lipinski definition) is 0. The van der Waals surface area contributed by atoms with Gasteiger partial charge in [0.2, 0.25) is 0 Å². The highest BCUT2D eigenvalue weighted by Gasteiger charge is 2.25. The first kappa shape index (κ1) is 9.84. The Bertz CT molecular complexity index is 248. The lowest BCUT2D eigenvalue weighted by Gasteiger charge is -2.23. The third kappa shape index (κ3) is 2.93. The van der Waals surface area contributed by atoms with Gasteiger partial charge in [-0.2, -0.15) is 0 Å². The Morgan fingerprint density at radius 1 is 1.38 bits per heavy atom. The molecule has 0 radical (unpaired) electrons. The average molecular weight is 181 g/mol. The van der Waals surface area contributed by atoms with Crippen molar-refractivity contribution in [1.82, 2.24) is 5.06 Å². The molecule has 0 aliphatic carbocycles. The Balaban J connectivity index is 2.46. The van der Waals surface area contributed by atoms with Crippen LogP contribution in [0.4, 0.5) is 0 Å². The van der Waals surface area contributed by atoms with E-state index < -0.39 is 5.41 Å². The molecule has 0 saturated heterocycles. The van der Waals surface area contributed by atoms with E-state index in [1.54, 1.807) is 6.20 Å². The lowest BCUT2D eigenvalue weighted by Crippen LogP contribution is -2.31. The van der Waals surface area contributed by atoms with Crippen molar-refractivity contribution in [3.05, 3.63) is 24.4 Å². The SMILES string of the molecule is CC(C)(C)C(=O)ON1C=CC=CC1. The van der Waals surface area contributed by atoms with Crippen LogP contribution in [0, 0.1) is 5.41 Å². The maximum atomic E-state index is 11.4. The predicted octanol–water partition coefficient (Wildman–Crippen LogP) is 1.88. The van der Waals surface area contributed by atoms with Crippen LogP contribution < -0.4 is 0 Å². The zero-order valence-corrected chi connectivity index (χ0v) is 8.28. The first-order valence-corrected chi connectivity index (χ1v) is 4.32. The van der Waals surface area contributed by atoms with Gasteiger partial charge in [0.05, 0.1) is 12.0 Å². The minimum absolute atomic E-state index is 0.215. The molecular formula is C10H15NO2. The summed E-state index contributed by atoms with van der Waals surface area (Å²) in [7, 11) is 0. The fourth-order valence-electron chi connectivity index (χ4n) is 0.761. The normalized spacial score (nSPS) is 16.1. The van der Waals surface area contributed by atoms with Gasteiger partial charge in [0.25, 0.3) is 0 Å². The fraction of sp³-hybridized carbons (Fsp3) is 0.500. The average Bonchev–Trinajstić information content (AvgIpc) is 2.04. The summed E-state index contributed by atoms with van der Waals surface area (Å²) in [6.07, 6.45) is 7.42. The molecule has 0 N–H and O–H groups in total. The summed E-state index contributed by atoms with van der Waals surface area (Å²) < 4.78 is 0. The topological polar surface area (TPSA) is 29.5 Å². The molecule has 0 atom stereocenters. The first-order valence-electron chi connectivity index (χ1n) is 4.32. The zero-order valence-electron chi connectivity index (χ0n) is 8.28. The summed E-state index contributed by atoms with van der Waals surface area (Å²) in [4.78, 5) is 16.5. The molecule has 0 saturated carbocycles. The van der Waals surface area contributed by atoms with E-state index in [1.807, 2.05) is 39.0 Å². The quantitative estimate of drug-likeness (QED) is 0.618. The second-order valence-corrected chi connectivity index (χ2v) is 4.00. The van der Waals surface area contributed by atoms with Gasteiger partial charge in [-0.15, -0.1) is 0 Å². The van der Waals surface area contributed by atoms with Gasteiger partial charge in [0, 0.05) is 6.20 Å². The highest BCUT2D eigenvalue weighted by Crippen LogP contribution is 2.16. The van der Waals surface area contributed by atoms with Crippen LogP contribution in [0.5, 0.6) is 0 Å². The Hall–Kier alpha value is -1.25. The van der Waals surface area contributed by atoms with Crippen molar-refractivity contribution in [1.29, 1.82) is 0 Å². The number of nitrogens with zero attached hydrogens (tertiary/aromatic N) is 1. The molecule has 13 heavy (non-hydrogen) atoms. The number of allylic oxidation sites excluding steroid dienone is 2. The lowest BCUT2D eigenvalue weighted by molar-refractivity contribution is -0.186. The third-order valence-corrected chi connectivity index (χ3v) is 1.60. The fourth-order valence-corrected chi connectivity index (χ4v) is 0.761. The van der Waals surface area contributed by atoms with Crippen LogP contribution in [-0.4, -0.2) is 17.6 Å². The van der Waals surface area contributed by atoms with Crippen molar-refractivity contribution in [3.63, 3.8) is 0 Å². The summed E-state index contributed by atoms with van der Waals surface area (Å²) in [6, 6.07) is 0. The number of carbonyl (C=O) groups excluding carboxylic acids is 1. The van der Waals surface area contributed by atoms with E-state index >= 15 is 0 Å². The standard InChI is InChI=1S/C10H15NO2/c1-10(2,3)9(12)13-11-7-5-4-6-8-11/h4-7H,8H2,1-3H3. The van der Waals surface area contributed by atoms with E-state index in [-0.39, 0.29) is 5.97 Å². The van der Waals surface area contributed by atoms with Crippen molar-refractivity contribution >= 4 is 5.97 Å². The molecular weight excluding hydrogens is 166 g/mol. The van der Waals surface area contributed by atoms with E-state index in [4.69, 9.17) is 4.84 Å². The van der Waals surface area contributed by atoms with Crippen molar-refractivity contribution in [3.8, 4) is 0 Å². The van der Waals surface area contributed by atoms with Gasteiger partial charge in [0.15, 0.2) is 0 Å². The predicted molar refractivity (Wildman–Crippen MR) is 50.5 cm³/mol. The highest BCUT2D eigenvalue weighted by atomic mass is 16.7. The number of carbonyl (C=O) groups is 1. The van der Waals surface area contributed by atoms with Gasteiger partial charge in [-0.1, -0.05) is 12.2 Å². The number of hydrogen-bond acceptors (Lipinski definition) is 3. The van der Waals surface area contributed by atoms with E-state index in [0.29, 0.717) is 6.54 Å². The Morgan fingerprint density at radius 3 is 2.54 bits per heavy atom. The van der Waals surface area contributed by atoms with E-state index in [1.165, 1.54) is 5.06 Å². The lowest BCUT2D eigenvalue weighted by atomic mass is 9.98. The molecule has 3 heteroatoms. The molecule has 0 aromatic heterocycles. The van der Waals surface area contributed by atoms with Crippen molar-refractivity contribution in [2.75, 3.05) is 6.54 Å². The Labute approximate surface area is 78.6 Å². The van der Waals surface area contributed by atoms with E-state index in [0.717, 1.165) is 0 Å². The number of hydroxylamine groups is 2. The van der Waals surface area contributed by atoms with Gasteiger partial charge < -0.3 is 4.84 Å². The van der Waals surface area contributed by atoms with E-state index in [2.05, 4.69) is 0 Å². The van der Waals surface area contributed by atoms with Gasteiger partial charge in [0.1, 0.15) is 0 Å². The molecule has 1 rings (SSSR count). The first-order chi connectivity index (χ1) is 6.00. The molecule has 0 amide bonds.